The van der Waals surface area contributed by atoms with Gasteiger partial charge in [0.15, 0.2) is 0 Å². The molecule has 0 amide bonds. The van der Waals surface area contributed by atoms with Crippen molar-refractivity contribution in [2.45, 2.75) is 0 Å². The van der Waals surface area contributed by atoms with Crippen LogP contribution in [0.2, 0.25) is 0 Å². The largest absolute Gasteiger partial charge is 0.464 e. The number of ether oxygens (including phenoxy) is 1. The fraction of sp³-hybridized carbons (Fsp3) is 0.125. The van der Waals surface area contributed by atoms with Crippen LogP contribution in [0.3, 0.4) is 0 Å². The molecule has 0 aromatic carbocycles. The van der Waals surface area contributed by atoms with Crippen LogP contribution in [-0.2, 0) is 4.74 Å². The zero-order valence-electron chi connectivity index (χ0n) is 7.07. The number of amidine groups is 1. The zero-order valence-corrected chi connectivity index (χ0v) is 7.07. The van der Waals surface area contributed by atoms with Gasteiger partial charge in [-0.3, -0.25) is 5.41 Å². The van der Waals surface area contributed by atoms with Crippen molar-refractivity contribution < 1.29 is 9.53 Å². The molecule has 5 heteroatoms. The Labute approximate surface area is 75.0 Å². The predicted octanol–water partition coefficient (Wildman–Crippen LogP) is 0.152. The fourth-order valence-electron chi connectivity index (χ4n) is 0.779. The highest BCUT2D eigenvalue weighted by Crippen LogP contribution is 2.00. The number of aromatic nitrogens is 1. The number of methoxy groups -OCH3 is 1. The van der Waals surface area contributed by atoms with E-state index in [9.17, 15) is 4.79 Å². The number of nitrogen functional groups attached to an aromatic ring is 1. The Hall–Kier alpha value is -1.91. The summed E-state index contributed by atoms with van der Waals surface area (Å²) < 4.78 is 4.45. The summed E-state index contributed by atoms with van der Waals surface area (Å²) in [6, 6.07) is 3.00. The maximum Gasteiger partial charge on any atom is 0.356 e. The van der Waals surface area contributed by atoms with E-state index in [0.29, 0.717) is 5.56 Å². The molecule has 1 aromatic heterocycles. The van der Waals surface area contributed by atoms with Crippen molar-refractivity contribution in [1.82, 2.24) is 4.98 Å². The van der Waals surface area contributed by atoms with Crippen LogP contribution in [0.5, 0.6) is 0 Å². The molecule has 0 fully saturated rings. The lowest BCUT2D eigenvalue weighted by Crippen LogP contribution is -2.12. The van der Waals surface area contributed by atoms with Crippen LogP contribution < -0.4 is 5.73 Å². The van der Waals surface area contributed by atoms with E-state index in [1.54, 1.807) is 6.07 Å². The summed E-state index contributed by atoms with van der Waals surface area (Å²) in [6.07, 6.45) is 1.36. The van der Waals surface area contributed by atoms with Crippen molar-refractivity contribution in [2.24, 2.45) is 5.73 Å². The number of nitrogens with zero attached hydrogens (tertiary/aromatic N) is 1. The van der Waals surface area contributed by atoms with Crippen LogP contribution in [0.25, 0.3) is 0 Å². The van der Waals surface area contributed by atoms with Crippen molar-refractivity contribution >= 4 is 11.8 Å². The maximum absolute atomic E-state index is 10.9. The molecule has 0 aliphatic heterocycles. The van der Waals surface area contributed by atoms with Gasteiger partial charge in [0.05, 0.1) is 7.11 Å². The highest BCUT2D eigenvalue weighted by molar-refractivity contribution is 5.95. The molecule has 0 radical (unpaired) electrons. The molecule has 5 nitrogen and oxygen atoms in total. The Bertz CT molecular complexity index is 332. The third kappa shape index (κ3) is 2.02. The number of hydrogen-bond acceptors (Lipinski definition) is 4. The topological polar surface area (TPSA) is 89.1 Å². The van der Waals surface area contributed by atoms with Crippen molar-refractivity contribution in [1.29, 1.82) is 5.41 Å². The maximum atomic E-state index is 10.9. The van der Waals surface area contributed by atoms with Gasteiger partial charge in [-0.05, 0) is 12.1 Å². The Morgan fingerprint density at radius 1 is 1.62 bits per heavy atom. The minimum absolute atomic E-state index is 0.0797. The Kier molecular flexibility index (Phi) is 2.59. The van der Waals surface area contributed by atoms with Gasteiger partial charge < -0.3 is 10.5 Å². The van der Waals surface area contributed by atoms with E-state index >= 15 is 0 Å². The van der Waals surface area contributed by atoms with Gasteiger partial charge in [-0.2, -0.15) is 0 Å². The highest BCUT2D eigenvalue weighted by atomic mass is 16.5. The second-order valence-corrected chi connectivity index (χ2v) is 2.34. The van der Waals surface area contributed by atoms with E-state index in [-0.39, 0.29) is 11.5 Å². The summed E-state index contributed by atoms with van der Waals surface area (Å²) in [6.45, 7) is 0. The standard InChI is InChI=1S/C8H9N3O2/c1-13-8(12)6-3-2-5(4-11-6)7(9)10/h2-4H,1H3,(H3,9,10). The molecule has 1 rings (SSSR count). The SMILES string of the molecule is COC(=O)c1ccc(C(=N)N)cn1. The number of pyridine rings is 1. The van der Waals surface area contributed by atoms with E-state index < -0.39 is 5.97 Å². The average Bonchev–Trinajstić information content (AvgIpc) is 2.17. The lowest BCUT2D eigenvalue weighted by atomic mass is 10.2. The minimum Gasteiger partial charge on any atom is -0.464 e. The Morgan fingerprint density at radius 3 is 2.69 bits per heavy atom. The molecule has 0 atom stereocenters. The molecule has 0 aliphatic rings. The van der Waals surface area contributed by atoms with E-state index in [1.807, 2.05) is 0 Å². The fourth-order valence-corrected chi connectivity index (χ4v) is 0.779. The molecule has 0 bridgehead atoms. The van der Waals surface area contributed by atoms with Crippen molar-refractivity contribution in [3.8, 4) is 0 Å². The van der Waals surface area contributed by atoms with E-state index in [2.05, 4.69) is 9.72 Å². The predicted molar refractivity (Wildman–Crippen MR) is 46.6 cm³/mol. The molecule has 0 unspecified atom stereocenters. The summed E-state index contributed by atoms with van der Waals surface area (Å²) >= 11 is 0. The molecule has 1 aromatic rings. The third-order valence-electron chi connectivity index (χ3n) is 1.47. The summed E-state index contributed by atoms with van der Waals surface area (Å²) in [5, 5.41) is 7.08. The minimum atomic E-state index is -0.505. The zero-order chi connectivity index (χ0) is 9.84. The number of hydrogen-bond donors (Lipinski definition) is 2. The van der Waals surface area contributed by atoms with Crippen LogP contribution >= 0.6 is 0 Å². The Balaban J connectivity index is 2.93. The van der Waals surface area contributed by atoms with Gasteiger partial charge in [-0.1, -0.05) is 0 Å². The van der Waals surface area contributed by atoms with Crippen LogP contribution in [-0.4, -0.2) is 23.9 Å². The molecule has 3 N–H and O–H groups in total. The average molecular weight is 179 g/mol. The second-order valence-electron chi connectivity index (χ2n) is 2.34. The van der Waals surface area contributed by atoms with E-state index in [0.717, 1.165) is 0 Å². The molecule has 0 saturated heterocycles. The summed E-state index contributed by atoms with van der Waals surface area (Å²) in [4.78, 5) is 14.7. The molecular formula is C8H9N3O2. The summed E-state index contributed by atoms with van der Waals surface area (Å²) in [5.74, 6) is -0.584. The van der Waals surface area contributed by atoms with E-state index in [4.69, 9.17) is 11.1 Å². The first kappa shape index (κ1) is 9.18. The third-order valence-corrected chi connectivity index (χ3v) is 1.47. The van der Waals surface area contributed by atoms with Gasteiger partial charge >= 0.3 is 5.97 Å². The number of carbonyl (C=O) groups is 1. The highest BCUT2D eigenvalue weighted by Gasteiger charge is 2.06. The van der Waals surface area contributed by atoms with Gasteiger partial charge in [0.2, 0.25) is 0 Å². The number of nitrogens with two attached hydrogens (primary N) is 1. The molecule has 0 spiro atoms. The van der Waals surface area contributed by atoms with Crippen molar-refractivity contribution in [2.75, 3.05) is 7.11 Å². The molecular weight excluding hydrogens is 170 g/mol. The molecule has 13 heavy (non-hydrogen) atoms. The van der Waals surface area contributed by atoms with Crippen molar-refractivity contribution in [3.05, 3.63) is 29.6 Å². The first-order valence-electron chi connectivity index (χ1n) is 3.54. The van der Waals surface area contributed by atoms with Gasteiger partial charge in [0.1, 0.15) is 11.5 Å². The van der Waals surface area contributed by atoms with Crippen LogP contribution in [0, 0.1) is 5.41 Å². The van der Waals surface area contributed by atoms with Crippen LogP contribution in [0.1, 0.15) is 16.1 Å². The first-order chi connectivity index (χ1) is 6.15. The first-order valence-corrected chi connectivity index (χ1v) is 3.54. The number of carbonyl (C=O) groups excluding carboxylic acids is 1. The monoisotopic (exact) mass is 179 g/mol. The van der Waals surface area contributed by atoms with Gasteiger partial charge in [-0.15, -0.1) is 0 Å². The molecule has 0 saturated carbocycles. The van der Waals surface area contributed by atoms with Crippen LogP contribution in [0.15, 0.2) is 18.3 Å². The number of rotatable bonds is 2. The number of nitrogens with one attached hydrogen (secondary N) is 1. The van der Waals surface area contributed by atoms with Gasteiger partial charge in [-0.25, -0.2) is 9.78 Å². The number of esters is 1. The smallest absolute Gasteiger partial charge is 0.356 e. The summed E-state index contributed by atoms with van der Waals surface area (Å²) in [5.41, 5.74) is 5.88. The lowest BCUT2D eigenvalue weighted by molar-refractivity contribution is 0.0594. The lowest BCUT2D eigenvalue weighted by Gasteiger charge is -1.99. The molecule has 68 valence electrons. The summed E-state index contributed by atoms with van der Waals surface area (Å²) in [7, 11) is 1.28. The Morgan fingerprint density at radius 2 is 2.31 bits per heavy atom. The van der Waals surface area contributed by atoms with Crippen molar-refractivity contribution in [3.63, 3.8) is 0 Å². The van der Waals surface area contributed by atoms with Gasteiger partial charge in [0.25, 0.3) is 0 Å². The normalized spacial score (nSPS) is 9.31. The van der Waals surface area contributed by atoms with E-state index in [1.165, 1.54) is 19.4 Å². The molecule has 1 heterocycles. The second kappa shape index (κ2) is 3.66. The van der Waals surface area contributed by atoms with Gasteiger partial charge in [0, 0.05) is 11.8 Å². The quantitative estimate of drug-likeness (QED) is 0.384. The molecule has 0 aliphatic carbocycles. The van der Waals surface area contributed by atoms with Crippen LogP contribution in [0.4, 0.5) is 0 Å².